The number of carbonyl (C=O) groups is 3. The van der Waals surface area contributed by atoms with Gasteiger partial charge in [0.2, 0.25) is 0 Å². The Morgan fingerprint density at radius 2 is 2.11 bits per heavy atom. The summed E-state index contributed by atoms with van der Waals surface area (Å²) in [5.41, 5.74) is 0. The number of esters is 1. The van der Waals surface area contributed by atoms with Crippen LogP contribution in [0.25, 0.3) is 0 Å². The Morgan fingerprint density at radius 1 is 1.42 bits per heavy atom. The summed E-state index contributed by atoms with van der Waals surface area (Å²) in [4.78, 5) is 37.3. The fourth-order valence-electron chi connectivity index (χ4n) is 2.23. The zero-order chi connectivity index (χ0) is 14.4. The molecule has 1 unspecified atom stereocenters. The van der Waals surface area contributed by atoms with E-state index in [1.54, 1.807) is 0 Å². The highest BCUT2D eigenvalue weighted by Gasteiger charge is 2.37. The van der Waals surface area contributed by atoms with Crippen LogP contribution < -0.4 is 0 Å². The molecule has 1 aliphatic rings. The fraction of sp³-hybridized carbons (Fsp3) is 0.750. The second-order valence-corrected chi connectivity index (χ2v) is 4.47. The van der Waals surface area contributed by atoms with Gasteiger partial charge in [0.1, 0.15) is 12.6 Å². The first-order valence-corrected chi connectivity index (χ1v) is 6.36. The topological polar surface area (TPSA) is 87.2 Å². The van der Waals surface area contributed by atoms with Gasteiger partial charge in [-0.25, -0.2) is 9.59 Å². The smallest absolute Gasteiger partial charge is 0.328 e. The van der Waals surface area contributed by atoms with E-state index in [0.717, 1.165) is 6.42 Å². The van der Waals surface area contributed by atoms with Gasteiger partial charge in [-0.3, -0.25) is 4.79 Å². The number of aliphatic carboxylic acids is 1. The van der Waals surface area contributed by atoms with E-state index in [4.69, 9.17) is 5.11 Å². The van der Waals surface area contributed by atoms with Gasteiger partial charge in [-0.05, 0) is 19.3 Å². The Kier molecular flexibility index (Phi) is 5.59. The zero-order valence-corrected chi connectivity index (χ0v) is 11.3. The average molecular weight is 272 g/mol. The van der Waals surface area contributed by atoms with Crippen molar-refractivity contribution in [3.05, 3.63) is 0 Å². The van der Waals surface area contributed by atoms with Crippen molar-refractivity contribution >= 4 is 18.0 Å². The van der Waals surface area contributed by atoms with Gasteiger partial charge in [0.15, 0.2) is 0 Å². The maximum Gasteiger partial charge on any atom is 0.328 e. The van der Waals surface area contributed by atoms with E-state index in [2.05, 4.69) is 4.74 Å². The van der Waals surface area contributed by atoms with Crippen molar-refractivity contribution in [2.75, 3.05) is 26.7 Å². The molecule has 1 rings (SSSR count). The molecule has 0 spiro atoms. The largest absolute Gasteiger partial charge is 0.480 e. The SMILES string of the molecule is CCCN(CC(=O)O)C(=O)N1CCCC1C(=O)OC. The van der Waals surface area contributed by atoms with Crippen molar-refractivity contribution < 1.29 is 24.2 Å². The molecule has 1 saturated heterocycles. The van der Waals surface area contributed by atoms with E-state index in [1.807, 2.05) is 6.92 Å². The van der Waals surface area contributed by atoms with Crippen LogP contribution >= 0.6 is 0 Å². The number of amides is 2. The third-order valence-corrected chi connectivity index (χ3v) is 3.06. The van der Waals surface area contributed by atoms with Crippen LogP contribution in [0.2, 0.25) is 0 Å². The number of hydrogen-bond donors (Lipinski definition) is 1. The van der Waals surface area contributed by atoms with E-state index in [9.17, 15) is 14.4 Å². The first-order chi connectivity index (χ1) is 9.01. The first kappa shape index (κ1) is 15.3. The van der Waals surface area contributed by atoms with Crippen molar-refractivity contribution in [1.29, 1.82) is 0 Å². The highest BCUT2D eigenvalue weighted by atomic mass is 16.5. The predicted molar refractivity (Wildman–Crippen MR) is 66.6 cm³/mol. The molecule has 7 nitrogen and oxygen atoms in total. The molecule has 1 heterocycles. The number of nitrogens with zero attached hydrogens (tertiary/aromatic N) is 2. The maximum atomic E-state index is 12.3. The van der Waals surface area contributed by atoms with E-state index in [1.165, 1.54) is 16.9 Å². The normalized spacial score (nSPS) is 18.2. The highest BCUT2D eigenvalue weighted by Crippen LogP contribution is 2.20. The van der Waals surface area contributed by atoms with E-state index in [-0.39, 0.29) is 6.54 Å². The Bertz CT molecular complexity index is 358. The van der Waals surface area contributed by atoms with Crippen molar-refractivity contribution in [3.63, 3.8) is 0 Å². The number of methoxy groups -OCH3 is 1. The molecule has 0 radical (unpaired) electrons. The molecule has 1 atom stereocenters. The second kappa shape index (κ2) is 6.96. The molecule has 0 aromatic carbocycles. The molecular formula is C12H20N2O5. The van der Waals surface area contributed by atoms with Gasteiger partial charge in [0.05, 0.1) is 7.11 Å². The Labute approximate surface area is 112 Å². The van der Waals surface area contributed by atoms with Crippen LogP contribution in [0, 0.1) is 0 Å². The third-order valence-electron chi connectivity index (χ3n) is 3.06. The maximum absolute atomic E-state index is 12.3. The lowest BCUT2D eigenvalue weighted by Crippen LogP contribution is -2.49. The van der Waals surface area contributed by atoms with Gasteiger partial charge in [-0.2, -0.15) is 0 Å². The van der Waals surface area contributed by atoms with Crippen LogP contribution in [-0.4, -0.2) is 65.7 Å². The van der Waals surface area contributed by atoms with Crippen LogP contribution in [0.15, 0.2) is 0 Å². The average Bonchev–Trinajstić information content (AvgIpc) is 2.85. The molecular weight excluding hydrogens is 252 g/mol. The van der Waals surface area contributed by atoms with Gasteiger partial charge in [0.25, 0.3) is 0 Å². The van der Waals surface area contributed by atoms with Crippen molar-refractivity contribution in [1.82, 2.24) is 9.80 Å². The predicted octanol–water partition coefficient (Wildman–Crippen LogP) is 0.540. The number of likely N-dealkylation sites (tertiary alicyclic amines) is 1. The van der Waals surface area contributed by atoms with Crippen LogP contribution in [0.4, 0.5) is 4.79 Å². The lowest BCUT2D eigenvalue weighted by atomic mass is 10.2. The number of carbonyl (C=O) groups excluding carboxylic acids is 2. The number of carboxylic acids is 1. The molecule has 108 valence electrons. The summed E-state index contributed by atoms with van der Waals surface area (Å²) in [6, 6.07) is -0.997. The highest BCUT2D eigenvalue weighted by molar-refractivity contribution is 5.86. The molecule has 0 aromatic heterocycles. The summed E-state index contributed by atoms with van der Waals surface area (Å²) in [5, 5.41) is 8.82. The van der Waals surface area contributed by atoms with E-state index < -0.39 is 24.0 Å². The van der Waals surface area contributed by atoms with Crippen LogP contribution in [0.5, 0.6) is 0 Å². The monoisotopic (exact) mass is 272 g/mol. The standard InChI is InChI=1S/C12H20N2O5/c1-3-6-13(8-10(15)16)12(18)14-7-4-5-9(14)11(17)19-2/h9H,3-8H2,1-2H3,(H,15,16). The fourth-order valence-corrected chi connectivity index (χ4v) is 2.23. The third kappa shape index (κ3) is 3.84. The molecule has 0 aromatic rings. The number of hydrogen-bond acceptors (Lipinski definition) is 4. The molecule has 1 aliphatic heterocycles. The van der Waals surface area contributed by atoms with Gasteiger partial charge >= 0.3 is 18.0 Å². The lowest BCUT2D eigenvalue weighted by Gasteiger charge is -2.29. The summed E-state index contributed by atoms with van der Waals surface area (Å²) < 4.78 is 4.67. The van der Waals surface area contributed by atoms with Crippen molar-refractivity contribution in [2.45, 2.75) is 32.2 Å². The van der Waals surface area contributed by atoms with E-state index in [0.29, 0.717) is 25.9 Å². The lowest BCUT2D eigenvalue weighted by molar-refractivity contribution is -0.145. The van der Waals surface area contributed by atoms with Crippen LogP contribution in [-0.2, 0) is 14.3 Å². The first-order valence-electron chi connectivity index (χ1n) is 6.36. The summed E-state index contributed by atoms with van der Waals surface area (Å²) in [6.45, 7) is 2.33. The second-order valence-electron chi connectivity index (χ2n) is 4.47. The Hall–Kier alpha value is -1.79. The van der Waals surface area contributed by atoms with Gasteiger partial charge < -0.3 is 19.6 Å². The van der Waals surface area contributed by atoms with Gasteiger partial charge in [0, 0.05) is 13.1 Å². The minimum Gasteiger partial charge on any atom is -0.480 e. The molecule has 0 bridgehead atoms. The molecule has 2 amide bonds. The minimum atomic E-state index is -1.06. The molecule has 7 heteroatoms. The summed E-state index contributed by atoms with van der Waals surface area (Å²) in [6.07, 6.45) is 1.94. The van der Waals surface area contributed by atoms with Gasteiger partial charge in [-0.1, -0.05) is 6.92 Å². The van der Waals surface area contributed by atoms with Gasteiger partial charge in [-0.15, -0.1) is 0 Å². The number of carboxylic acid groups (broad SMARTS) is 1. The summed E-state index contributed by atoms with van der Waals surface area (Å²) >= 11 is 0. The molecule has 0 aliphatic carbocycles. The zero-order valence-electron chi connectivity index (χ0n) is 11.3. The number of rotatable bonds is 5. The molecule has 1 fully saturated rings. The molecule has 0 saturated carbocycles. The summed E-state index contributed by atoms with van der Waals surface area (Å²) in [5.74, 6) is -1.51. The van der Waals surface area contributed by atoms with E-state index >= 15 is 0 Å². The molecule has 19 heavy (non-hydrogen) atoms. The van der Waals surface area contributed by atoms with Crippen LogP contribution in [0.1, 0.15) is 26.2 Å². The van der Waals surface area contributed by atoms with Crippen molar-refractivity contribution in [2.24, 2.45) is 0 Å². The minimum absolute atomic E-state index is 0.350. The molecule has 1 N–H and O–H groups in total. The quantitative estimate of drug-likeness (QED) is 0.738. The number of urea groups is 1. The summed E-state index contributed by atoms with van der Waals surface area (Å²) in [7, 11) is 1.28. The Balaban J connectivity index is 2.77. The van der Waals surface area contributed by atoms with Crippen LogP contribution in [0.3, 0.4) is 0 Å². The van der Waals surface area contributed by atoms with Crippen molar-refractivity contribution in [3.8, 4) is 0 Å². The number of ether oxygens (including phenoxy) is 1. The Morgan fingerprint density at radius 3 is 2.63 bits per heavy atom.